The molecule has 14 N–H and O–H groups in total. The quantitative estimate of drug-likeness (QED) is 0.0305. The highest BCUT2D eigenvalue weighted by atomic mass is 16.8. The zero-order chi connectivity index (χ0) is 61.9. The van der Waals surface area contributed by atoms with Crippen molar-refractivity contribution in [3.8, 4) is 0 Å². The number of carbonyl (C=O) groups excluding carboxylic acids is 2. The summed E-state index contributed by atoms with van der Waals surface area (Å²) in [6.45, 7) is 2.09. The number of carboxylic acid groups (broad SMARTS) is 1. The molecular weight excluding hydrogens is 1100 g/mol. The van der Waals surface area contributed by atoms with Crippen molar-refractivity contribution in [1.29, 1.82) is 0 Å². The van der Waals surface area contributed by atoms with Crippen LogP contribution in [0.1, 0.15) is 207 Å². The van der Waals surface area contributed by atoms with Crippen molar-refractivity contribution >= 4 is 17.8 Å². The van der Waals surface area contributed by atoms with Gasteiger partial charge in [-0.15, -0.1) is 0 Å². The smallest absolute Gasteiger partial charge is 0.364 e. The molecule has 23 heteroatoms. The number of aliphatic hydroxyl groups is 11. The number of aliphatic carboxylic acids is 1. The van der Waals surface area contributed by atoms with Crippen LogP contribution in [0, 0.1) is 0 Å². The minimum atomic E-state index is -3.08. The van der Waals surface area contributed by atoms with Gasteiger partial charge in [-0.1, -0.05) is 167 Å². The Bertz CT molecular complexity index is 1820. The van der Waals surface area contributed by atoms with Gasteiger partial charge in [0.25, 0.3) is 5.79 Å². The van der Waals surface area contributed by atoms with Crippen LogP contribution >= 0.6 is 0 Å². The minimum absolute atomic E-state index is 0.195. The zero-order valence-corrected chi connectivity index (χ0v) is 50.5. The van der Waals surface area contributed by atoms with E-state index in [1.807, 2.05) is 6.08 Å². The summed E-state index contributed by atoms with van der Waals surface area (Å²) in [5.41, 5.74) is 0. The molecule has 3 rings (SSSR count). The van der Waals surface area contributed by atoms with Crippen molar-refractivity contribution in [2.24, 2.45) is 0 Å². The van der Waals surface area contributed by atoms with E-state index in [9.17, 15) is 75.7 Å². The number of amides is 2. The Hall–Kier alpha value is -2.79. The second kappa shape index (κ2) is 43.0. The summed E-state index contributed by atoms with van der Waals surface area (Å²) in [5, 5.41) is 135. The molecule has 0 aliphatic carbocycles. The molecule has 2 amide bonds. The maximum atomic E-state index is 13.4. The molecule has 18 unspecified atom stereocenters. The van der Waals surface area contributed by atoms with Crippen LogP contribution < -0.4 is 10.6 Å². The number of carbonyl (C=O) groups is 3. The molecule has 0 aromatic heterocycles. The van der Waals surface area contributed by atoms with Crippen molar-refractivity contribution in [1.82, 2.24) is 10.6 Å². The van der Waals surface area contributed by atoms with Crippen LogP contribution in [0.5, 0.6) is 0 Å². The molecule has 3 fully saturated rings. The van der Waals surface area contributed by atoms with Crippen LogP contribution in [0.4, 0.5) is 0 Å². The van der Waals surface area contributed by atoms with Gasteiger partial charge in [0.15, 0.2) is 12.6 Å². The van der Waals surface area contributed by atoms with Gasteiger partial charge in [0.2, 0.25) is 11.8 Å². The number of hydrogen-bond donors (Lipinski definition) is 14. The Kier molecular flexibility index (Phi) is 38.6. The number of allylic oxidation sites excluding steroid dienone is 3. The van der Waals surface area contributed by atoms with Gasteiger partial charge >= 0.3 is 5.97 Å². The Morgan fingerprint density at radius 2 is 1.12 bits per heavy atom. The fourth-order valence-corrected chi connectivity index (χ4v) is 11.0. The third-order valence-corrected chi connectivity index (χ3v) is 16.1. The second-order valence-electron chi connectivity index (χ2n) is 23.3. The van der Waals surface area contributed by atoms with Crippen molar-refractivity contribution in [2.45, 2.75) is 317 Å². The molecule has 0 aromatic rings. The van der Waals surface area contributed by atoms with Crippen LogP contribution in [-0.4, -0.2) is 215 Å². The normalized spacial score (nSPS) is 29.9. The van der Waals surface area contributed by atoms with Gasteiger partial charge in [0.05, 0.1) is 50.7 Å². The third kappa shape index (κ3) is 26.5. The van der Waals surface area contributed by atoms with Crippen molar-refractivity contribution < 1.29 is 104 Å². The number of carboxylic acids is 1. The maximum absolute atomic E-state index is 13.4. The summed E-state index contributed by atoms with van der Waals surface area (Å²) in [6.07, 6.45) is 9.50. The summed E-state index contributed by atoms with van der Waals surface area (Å²) in [5.74, 6) is -6.15. The largest absolute Gasteiger partial charge is 0.477 e. The fourth-order valence-electron chi connectivity index (χ4n) is 11.0. The Balaban J connectivity index is 1.65. The standard InChI is InChI=1S/C61H110N2O21/c1-4-6-8-10-12-14-16-18-19-20-21-23-25-27-29-31-33-35-48(71)63-42(43(68)34-32-30-28-26-24-22-17-15-13-11-9-7-5-2)40-79-58-53(75)52(74)55(47(39-66)81-58)82-59-54(76)57(51(73)46(38-65)80-59)84-61(60(77)78)36-44(69)49(62-41(3)67)56(83-61)50(72)45(70)37-64/h18-19,32,34,42-47,49-59,64-66,68-70,72-76H,4-17,20-31,33,35-40H2,1-3H3,(H,62,67)(H,63,71)(H,77,78)/b19-18-,34-32+. The predicted molar refractivity (Wildman–Crippen MR) is 311 cm³/mol. The fraction of sp³-hybridized carbons (Fsp3) is 0.885. The summed E-state index contributed by atoms with van der Waals surface area (Å²) in [4.78, 5) is 38.4. The third-order valence-electron chi connectivity index (χ3n) is 16.1. The summed E-state index contributed by atoms with van der Waals surface area (Å²) >= 11 is 0. The van der Waals surface area contributed by atoms with E-state index >= 15 is 0 Å². The van der Waals surface area contributed by atoms with E-state index < -0.39 is 155 Å². The van der Waals surface area contributed by atoms with E-state index in [-0.39, 0.29) is 12.3 Å². The zero-order valence-electron chi connectivity index (χ0n) is 50.5. The highest BCUT2D eigenvalue weighted by Gasteiger charge is 2.60. The average Bonchev–Trinajstić information content (AvgIpc) is 1.44. The minimum Gasteiger partial charge on any atom is -0.477 e. The van der Waals surface area contributed by atoms with E-state index in [1.165, 1.54) is 89.9 Å². The van der Waals surface area contributed by atoms with Gasteiger partial charge in [-0.3, -0.25) is 9.59 Å². The Labute approximate surface area is 498 Å². The molecule has 0 aromatic carbocycles. The second-order valence-corrected chi connectivity index (χ2v) is 23.3. The topological polar surface area (TPSA) is 373 Å². The molecule has 3 saturated heterocycles. The molecule has 18 atom stereocenters. The Morgan fingerprint density at radius 1 is 0.619 bits per heavy atom. The first-order valence-corrected chi connectivity index (χ1v) is 31.7. The van der Waals surface area contributed by atoms with Gasteiger partial charge in [-0.2, -0.15) is 0 Å². The van der Waals surface area contributed by atoms with E-state index in [0.717, 1.165) is 77.6 Å². The van der Waals surface area contributed by atoms with Crippen molar-refractivity contribution in [3.63, 3.8) is 0 Å². The predicted octanol–water partition coefficient (Wildman–Crippen LogP) is 3.72. The van der Waals surface area contributed by atoms with Crippen LogP contribution in [0.2, 0.25) is 0 Å². The molecular formula is C61H110N2O21. The number of nitrogens with one attached hydrogen (secondary N) is 2. The van der Waals surface area contributed by atoms with Crippen LogP contribution in [0.3, 0.4) is 0 Å². The van der Waals surface area contributed by atoms with Gasteiger partial charge in [0.1, 0.15) is 67.1 Å². The lowest BCUT2D eigenvalue weighted by Gasteiger charge is -2.50. The summed E-state index contributed by atoms with van der Waals surface area (Å²) in [7, 11) is 0. The SMILES string of the molecule is CCCCCCCC/C=C\CCCCCCCCCC(=O)NC(COC1OC(CO)C(OC2OC(CO)C(O)C(OC3(C(=O)O)CC(O)C(NC(C)=O)C(C(O)C(O)CO)O3)C2O)C(O)C1O)C(O)/C=C/CCCCCCCCCCCCC. The molecule has 0 saturated carbocycles. The number of hydrogen-bond acceptors (Lipinski definition) is 20. The molecule has 3 heterocycles. The molecule has 0 spiro atoms. The van der Waals surface area contributed by atoms with E-state index in [2.05, 4.69) is 36.6 Å². The first kappa shape index (κ1) is 75.5. The van der Waals surface area contributed by atoms with Gasteiger partial charge in [0, 0.05) is 19.8 Å². The lowest BCUT2D eigenvalue weighted by Crippen LogP contribution is -2.70. The number of rotatable bonds is 46. The first-order valence-electron chi connectivity index (χ1n) is 31.7. The van der Waals surface area contributed by atoms with Crippen LogP contribution in [0.25, 0.3) is 0 Å². The molecule has 490 valence electrons. The van der Waals surface area contributed by atoms with Gasteiger partial charge < -0.3 is 100 Å². The monoisotopic (exact) mass is 1210 g/mol. The molecule has 0 bridgehead atoms. The van der Waals surface area contributed by atoms with Crippen LogP contribution in [0.15, 0.2) is 24.3 Å². The number of ether oxygens (including phenoxy) is 6. The van der Waals surface area contributed by atoms with Crippen molar-refractivity contribution in [3.05, 3.63) is 24.3 Å². The molecule has 0 radical (unpaired) electrons. The highest BCUT2D eigenvalue weighted by molar-refractivity contribution is 5.77. The molecule has 84 heavy (non-hydrogen) atoms. The lowest BCUT2D eigenvalue weighted by molar-refractivity contribution is -0.386. The molecule has 3 aliphatic rings. The van der Waals surface area contributed by atoms with Crippen molar-refractivity contribution in [2.75, 3.05) is 26.4 Å². The maximum Gasteiger partial charge on any atom is 0.364 e. The lowest BCUT2D eigenvalue weighted by atomic mass is 9.88. The number of unbranched alkanes of at least 4 members (excludes halogenated alkanes) is 24. The summed E-state index contributed by atoms with van der Waals surface area (Å²) < 4.78 is 34.7. The van der Waals surface area contributed by atoms with Crippen LogP contribution in [-0.2, 0) is 42.8 Å². The van der Waals surface area contributed by atoms with Gasteiger partial charge in [-0.05, 0) is 44.9 Å². The summed E-state index contributed by atoms with van der Waals surface area (Å²) in [6, 6.07) is -2.62. The number of aliphatic hydroxyl groups excluding tert-OH is 11. The van der Waals surface area contributed by atoms with Gasteiger partial charge in [-0.25, -0.2) is 4.79 Å². The average molecular weight is 1210 g/mol. The first-order chi connectivity index (χ1) is 40.4. The van der Waals surface area contributed by atoms with E-state index in [1.54, 1.807) is 6.08 Å². The van der Waals surface area contributed by atoms with E-state index in [0.29, 0.717) is 12.8 Å². The molecule has 3 aliphatic heterocycles. The molecule has 23 nitrogen and oxygen atoms in total. The Morgan fingerprint density at radius 3 is 1.62 bits per heavy atom. The van der Waals surface area contributed by atoms with E-state index in [4.69, 9.17) is 28.4 Å². The highest BCUT2D eigenvalue weighted by Crippen LogP contribution is 2.38.